The Morgan fingerprint density at radius 2 is 1.82 bits per heavy atom. The number of likely N-dealkylation sites (N-methyl/N-ethyl adjacent to an activating group) is 1. The number of halogens is 1. The molecule has 11 heteroatoms. The zero-order chi connectivity index (χ0) is 27.9. The molecule has 4 rings (SSSR count). The van der Waals surface area contributed by atoms with Crippen molar-refractivity contribution in [2.24, 2.45) is 0 Å². The summed E-state index contributed by atoms with van der Waals surface area (Å²) in [7, 11) is 3.65. The second-order valence-corrected chi connectivity index (χ2v) is 10.5. The summed E-state index contributed by atoms with van der Waals surface area (Å²) >= 11 is 12.2. The fourth-order valence-electron chi connectivity index (χ4n) is 4.68. The van der Waals surface area contributed by atoms with Crippen LogP contribution >= 0.6 is 23.8 Å². The lowest BCUT2D eigenvalue weighted by atomic mass is 10.1. The molecule has 0 saturated carbocycles. The molecule has 1 atom stereocenters. The predicted octanol–water partition coefficient (Wildman–Crippen LogP) is 3.72. The maximum absolute atomic E-state index is 13.7. The van der Waals surface area contributed by atoms with Gasteiger partial charge in [0.05, 0.1) is 30.8 Å². The fourth-order valence-corrected chi connectivity index (χ4v) is 5.35. The molecule has 1 N–H and O–H groups in total. The summed E-state index contributed by atoms with van der Waals surface area (Å²) in [4.78, 5) is 34.8. The molecular weight excluding hydrogens is 538 g/mol. The number of carbonyl (C=O) groups is 2. The predicted molar refractivity (Wildman–Crippen MR) is 158 cm³/mol. The van der Waals surface area contributed by atoms with Gasteiger partial charge in [0.15, 0.2) is 5.11 Å². The smallest absolute Gasteiger partial charge is 0.256 e. The summed E-state index contributed by atoms with van der Waals surface area (Å²) in [5.41, 5.74) is 1.19. The Morgan fingerprint density at radius 1 is 1.10 bits per heavy atom. The molecule has 0 unspecified atom stereocenters. The number of nitrogens with zero attached hydrogens (tertiary/aromatic N) is 4. The molecule has 2 saturated heterocycles. The van der Waals surface area contributed by atoms with E-state index in [0.717, 1.165) is 44.9 Å². The Morgan fingerprint density at radius 3 is 2.46 bits per heavy atom. The third-order valence-corrected chi connectivity index (χ3v) is 7.67. The lowest BCUT2D eigenvalue weighted by Gasteiger charge is -2.34. The first-order chi connectivity index (χ1) is 18.8. The maximum Gasteiger partial charge on any atom is 0.256 e. The lowest BCUT2D eigenvalue weighted by Crippen LogP contribution is -2.48. The molecule has 39 heavy (non-hydrogen) atoms. The van der Waals surface area contributed by atoms with E-state index in [-0.39, 0.29) is 18.2 Å². The summed E-state index contributed by atoms with van der Waals surface area (Å²) in [5, 5.41) is 3.65. The highest BCUT2D eigenvalue weighted by Crippen LogP contribution is 2.33. The van der Waals surface area contributed by atoms with Gasteiger partial charge in [-0.25, -0.2) is 0 Å². The van der Waals surface area contributed by atoms with Gasteiger partial charge < -0.3 is 24.6 Å². The summed E-state index contributed by atoms with van der Waals surface area (Å²) in [6, 6.07) is 11.6. The normalized spacial score (nSPS) is 18.5. The molecule has 2 heterocycles. The minimum absolute atomic E-state index is 0.0316. The van der Waals surface area contributed by atoms with Gasteiger partial charge in [-0.2, -0.15) is 0 Å². The number of methoxy groups -OCH3 is 1. The van der Waals surface area contributed by atoms with Crippen LogP contribution < -0.4 is 19.7 Å². The fraction of sp³-hybridized carbons (Fsp3) is 0.464. The molecule has 0 bridgehead atoms. The van der Waals surface area contributed by atoms with Crippen LogP contribution in [0.4, 0.5) is 11.4 Å². The first kappa shape index (κ1) is 29.1. The molecule has 2 aromatic carbocycles. The largest absolute Gasteiger partial charge is 0.495 e. The van der Waals surface area contributed by atoms with Gasteiger partial charge in [-0.1, -0.05) is 18.5 Å². The second kappa shape index (κ2) is 13.4. The average molecular weight is 574 g/mol. The van der Waals surface area contributed by atoms with Crippen molar-refractivity contribution >= 4 is 52.1 Å². The van der Waals surface area contributed by atoms with Gasteiger partial charge in [0.1, 0.15) is 17.5 Å². The molecule has 0 radical (unpaired) electrons. The van der Waals surface area contributed by atoms with Crippen molar-refractivity contribution in [2.75, 3.05) is 70.2 Å². The Bertz CT molecular complexity index is 1170. The highest BCUT2D eigenvalue weighted by atomic mass is 35.5. The molecule has 2 fully saturated rings. The summed E-state index contributed by atoms with van der Waals surface area (Å²) in [5.74, 6) is 0.734. The average Bonchev–Trinajstić information content (AvgIpc) is 3.16. The number of carbonyl (C=O) groups excluding carboxylic acids is 2. The Kier molecular flexibility index (Phi) is 10.0. The molecule has 0 aromatic heterocycles. The van der Waals surface area contributed by atoms with E-state index >= 15 is 0 Å². The molecule has 2 aliphatic heterocycles. The summed E-state index contributed by atoms with van der Waals surface area (Å²) in [6.45, 7) is 7.85. The van der Waals surface area contributed by atoms with E-state index in [4.69, 9.17) is 33.3 Å². The van der Waals surface area contributed by atoms with Crippen LogP contribution in [0.15, 0.2) is 42.5 Å². The van der Waals surface area contributed by atoms with Gasteiger partial charge in [0.2, 0.25) is 5.91 Å². The number of thiocarbonyl (C=S) groups is 1. The number of hydrogen-bond acceptors (Lipinski definition) is 7. The molecule has 2 amide bonds. The molecular formula is C28H36ClN5O4S. The van der Waals surface area contributed by atoms with E-state index in [2.05, 4.69) is 22.2 Å². The van der Waals surface area contributed by atoms with E-state index in [1.165, 1.54) is 12.0 Å². The Balaban J connectivity index is 1.49. The quantitative estimate of drug-likeness (QED) is 0.408. The highest BCUT2D eigenvalue weighted by Gasteiger charge is 2.44. The second-order valence-electron chi connectivity index (χ2n) is 9.75. The monoisotopic (exact) mass is 573 g/mol. The molecule has 9 nitrogen and oxygen atoms in total. The van der Waals surface area contributed by atoms with Crippen molar-refractivity contribution in [3.63, 3.8) is 0 Å². The standard InChI is InChI=1S/C28H36ClN5O4S/c1-4-17-38-22-8-5-20(6-9-22)30-26(35)19-24-27(36)34(21-7-10-25(37-3)23(29)18-21)28(39)33(24)16-15-32-13-11-31(2)12-14-32/h5-10,18,24H,4,11-17,19H2,1-3H3,(H,30,35)/t24-/m1/s1. The van der Waals surface area contributed by atoms with Crippen LogP contribution in [0.5, 0.6) is 11.5 Å². The van der Waals surface area contributed by atoms with Crippen LogP contribution in [0.25, 0.3) is 0 Å². The summed E-state index contributed by atoms with van der Waals surface area (Å²) < 4.78 is 10.9. The zero-order valence-corrected chi connectivity index (χ0v) is 24.3. The first-order valence-corrected chi connectivity index (χ1v) is 14.0. The van der Waals surface area contributed by atoms with Crippen molar-refractivity contribution in [3.05, 3.63) is 47.5 Å². The van der Waals surface area contributed by atoms with E-state index in [0.29, 0.717) is 40.4 Å². The first-order valence-electron chi connectivity index (χ1n) is 13.2. The number of anilines is 2. The number of piperazine rings is 1. The van der Waals surface area contributed by atoms with Gasteiger partial charge in [-0.05, 0) is 68.2 Å². The number of amides is 2. The van der Waals surface area contributed by atoms with Crippen LogP contribution in [0, 0.1) is 0 Å². The van der Waals surface area contributed by atoms with Crippen molar-refractivity contribution < 1.29 is 19.1 Å². The van der Waals surface area contributed by atoms with Crippen LogP contribution in [-0.2, 0) is 9.59 Å². The van der Waals surface area contributed by atoms with Gasteiger partial charge in [-0.3, -0.25) is 19.4 Å². The molecule has 0 spiro atoms. The number of nitrogens with one attached hydrogen (secondary N) is 1. The number of hydrogen-bond donors (Lipinski definition) is 1. The Labute approximate surface area is 240 Å². The van der Waals surface area contributed by atoms with Crippen LogP contribution in [0.1, 0.15) is 19.8 Å². The van der Waals surface area contributed by atoms with E-state index in [9.17, 15) is 9.59 Å². The third kappa shape index (κ3) is 7.19. The van der Waals surface area contributed by atoms with Crippen molar-refractivity contribution in [3.8, 4) is 11.5 Å². The van der Waals surface area contributed by atoms with E-state index < -0.39 is 6.04 Å². The topological polar surface area (TPSA) is 77.6 Å². The Hall–Kier alpha value is -2.92. The molecule has 2 aliphatic rings. The van der Waals surface area contributed by atoms with Crippen LogP contribution in [-0.4, -0.2) is 97.7 Å². The lowest BCUT2D eigenvalue weighted by molar-refractivity contribution is -0.124. The van der Waals surface area contributed by atoms with Crippen molar-refractivity contribution in [2.45, 2.75) is 25.8 Å². The van der Waals surface area contributed by atoms with Crippen LogP contribution in [0.2, 0.25) is 5.02 Å². The third-order valence-electron chi connectivity index (χ3n) is 6.95. The number of benzene rings is 2. The molecule has 2 aromatic rings. The van der Waals surface area contributed by atoms with Crippen LogP contribution in [0.3, 0.4) is 0 Å². The van der Waals surface area contributed by atoms with Crippen molar-refractivity contribution in [1.82, 2.24) is 14.7 Å². The van der Waals surface area contributed by atoms with Gasteiger partial charge in [0, 0.05) is 45.0 Å². The zero-order valence-electron chi connectivity index (χ0n) is 22.7. The number of rotatable bonds is 11. The summed E-state index contributed by atoms with van der Waals surface area (Å²) in [6.07, 6.45) is 0.886. The van der Waals surface area contributed by atoms with Gasteiger partial charge >= 0.3 is 0 Å². The minimum Gasteiger partial charge on any atom is -0.495 e. The minimum atomic E-state index is -0.724. The highest BCUT2D eigenvalue weighted by molar-refractivity contribution is 7.80. The van der Waals surface area contributed by atoms with Crippen molar-refractivity contribution in [1.29, 1.82) is 0 Å². The number of ether oxygens (including phenoxy) is 2. The van der Waals surface area contributed by atoms with Gasteiger partial charge in [-0.15, -0.1) is 0 Å². The molecule has 210 valence electrons. The maximum atomic E-state index is 13.7. The van der Waals surface area contributed by atoms with E-state index in [1.807, 2.05) is 24.0 Å². The van der Waals surface area contributed by atoms with Gasteiger partial charge in [0.25, 0.3) is 5.91 Å². The molecule has 0 aliphatic carbocycles. The SMILES string of the molecule is CCCOc1ccc(NC(=O)C[C@@H]2C(=O)N(c3ccc(OC)c(Cl)c3)C(=S)N2CCN2CCN(C)CC2)cc1. The van der Waals surface area contributed by atoms with E-state index in [1.54, 1.807) is 30.3 Å².